The molecule has 0 fully saturated rings. The van der Waals surface area contributed by atoms with Crippen LogP contribution in [-0.2, 0) is 9.53 Å². The normalized spacial score (nSPS) is 10.3. The van der Waals surface area contributed by atoms with Crippen molar-refractivity contribution < 1.29 is 14.3 Å². The Hall–Kier alpha value is -1.31. The zero-order valence-corrected chi connectivity index (χ0v) is 15.2. The second kappa shape index (κ2) is 7.80. The largest absolute Gasteiger partial charge is 0.465 e. The number of methoxy groups -OCH3 is 1. The zero-order chi connectivity index (χ0) is 16.1. The van der Waals surface area contributed by atoms with E-state index in [0.29, 0.717) is 10.6 Å². The number of benzene rings is 1. The monoisotopic (exact) mass is 399 g/mol. The second-order valence-electron chi connectivity index (χ2n) is 4.40. The molecule has 1 heterocycles. The molecule has 1 amide bonds. The van der Waals surface area contributed by atoms with Crippen molar-refractivity contribution in [2.24, 2.45) is 0 Å². The molecule has 1 aromatic carbocycles. The molecule has 116 valence electrons. The topological polar surface area (TPSA) is 55.4 Å². The Kier molecular flexibility index (Phi) is 6.05. The SMILES string of the molecule is COC(=O)c1ccsc1NC(=O)CSc1ccc(Br)cc1C. The predicted molar refractivity (Wildman–Crippen MR) is 93.9 cm³/mol. The number of hydrogen-bond donors (Lipinski definition) is 1. The molecule has 0 bridgehead atoms. The van der Waals surface area contributed by atoms with Gasteiger partial charge in [-0.3, -0.25) is 4.79 Å². The van der Waals surface area contributed by atoms with Gasteiger partial charge in [-0.05, 0) is 42.1 Å². The number of rotatable bonds is 5. The van der Waals surface area contributed by atoms with Crippen LogP contribution in [0.4, 0.5) is 5.00 Å². The molecule has 0 saturated heterocycles. The lowest BCUT2D eigenvalue weighted by atomic mass is 10.2. The lowest BCUT2D eigenvalue weighted by Crippen LogP contribution is -2.15. The highest BCUT2D eigenvalue weighted by atomic mass is 79.9. The van der Waals surface area contributed by atoms with E-state index in [9.17, 15) is 9.59 Å². The molecular weight excluding hydrogens is 386 g/mol. The van der Waals surface area contributed by atoms with Crippen LogP contribution in [-0.4, -0.2) is 24.7 Å². The first-order valence-corrected chi connectivity index (χ1v) is 9.01. The van der Waals surface area contributed by atoms with Crippen LogP contribution >= 0.6 is 39.0 Å². The minimum Gasteiger partial charge on any atom is -0.465 e. The van der Waals surface area contributed by atoms with Crippen LogP contribution in [0.1, 0.15) is 15.9 Å². The van der Waals surface area contributed by atoms with E-state index < -0.39 is 5.97 Å². The Morgan fingerprint density at radius 1 is 1.36 bits per heavy atom. The number of anilines is 1. The Balaban J connectivity index is 1.96. The number of carbonyl (C=O) groups excluding carboxylic acids is 2. The molecule has 0 spiro atoms. The Morgan fingerprint density at radius 2 is 2.14 bits per heavy atom. The molecule has 0 unspecified atom stereocenters. The van der Waals surface area contributed by atoms with E-state index in [1.54, 1.807) is 11.4 Å². The van der Waals surface area contributed by atoms with Crippen LogP contribution in [0.25, 0.3) is 0 Å². The maximum Gasteiger partial charge on any atom is 0.340 e. The molecule has 22 heavy (non-hydrogen) atoms. The van der Waals surface area contributed by atoms with E-state index in [0.717, 1.165) is 14.9 Å². The van der Waals surface area contributed by atoms with Gasteiger partial charge in [0.15, 0.2) is 0 Å². The first kappa shape index (κ1) is 17.1. The van der Waals surface area contributed by atoms with Crippen LogP contribution in [0.2, 0.25) is 0 Å². The Bertz CT molecular complexity index is 700. The van der Waals surface area contributed by atoms with Gasteiger partial charge >= 0.3 is 5.97 Å². The van der Waals surface area contributed by atoms with Crippen LogP contribution < -0.4 is 5.32 Å². The third kappa shape index (κ3) is 4.34. The van der Waals surface area contributed by atoms with Gasteiger partial charge in [-0.15, -0.1) is 23.1 Å². The molecule has 2 aromatic rings. The van der Waals surface area contributed by atoms with Crippen LogP contribution in [0.5, 0.6) is 0 Å². The first-order chi connectivity index (χ1) is 10.5. The predicted octanol–water partition coefficient (Wildman–Crippen LogP) is 4.34. The van der Waals surface area contributed by atoms with Crippen molar-refractivity contribution in [3.8, 4) is 0 Å². The van der Waals surface area contributed by atoms with Crippen LogP contribution in [0, 0.1) is 6.92 Å². The van der Waals surface area contributed by atoms with Gasteiger partial charge in [0.2, 0.25) is 5.91 Å². The van der Waals surface area contributed by atoms with Crippen molar-refractivity contribution in [1.82, 2.24) is 0 Å². The van der Waals surface area contributed by atoms with E-state index in [-0.39, 0.29) is 11.7 Å². The summed E-state index contributed by atoms with van der Waals surface area (Å²) in [6.07, 6.45) is 0. The molecule has 1 aromatic heterocycles. The molecule has 2 rings (SSSR count). The summed E-state index contributed by atoms with van der Waals surface area (Å²) in [6.45, 7) is 2.00. The number of nitrogens with one attached hydrogen (secondary N) is 1. The van der Waals surface area contributed by atoms with Gasteiger partial charge in [0.05, 0.1) is 18.4 Å². The van der Waals surface area contributed by atoms with Gasteiger partial charge in [0.25, 0.3) is 0 Å². The number of hydrogen-bond acceptors (Lipinski definition) is 5. The number of esters is 1. The number of thiophene rings is 1. The Morgan fingerprint density at radius 3 is 2.82 bits per heavy atom. The van der Waals surface area contributed by atoms with Crippen molar-refractivity contribution in [2.75, 3.05) is 18.2 Å². The average molecular weight is 400 g/mol. The van der Waals surface area contributed by atoms with Gasteiger partial charge in [-0.25, -0.2) is 4.79 Å². The summed E-state index contributed by atoms with van der Waals surface area (Å²) in [5.41, 5.74) is 1.49. The second-order valence-corrected chi connectivity index (χ2v) is 7.25. The maximum absolute atomic E-state index is 12.0. The molecule has 7 heteroatoms. The van der Waals surface area contributed by atoms with E-state index in [1.165, 1.54) is 30.2 Å². The van der Waals surface area contributed by atoms with Crippen molar-refractivity contribution in [1.29, 1.82) is 0 Å². The first-order valence-electron chi connectivity index (χ1n) is 6.36. The molecule has 4 nitrogen and oxygen atoms in total. The van der Waals surface area contributed by atoms with Crippen molar-refractivity contribution in [3.05, 3.63) is 45.2 Å². The van der Waals surface area contributed by atoms with Gasteiger partial charge in [-0.2, -0.15) is 0 Å². The van der Waals surface area contributed by atoms with Crippen LogP contribution in [0.3, 0.4) is 0 Å². The summed E-state index contributed by atoms with van der Waals surface area (Å²) in [5, 5.41) is 5.02. The minimum atomic E-state index is -0.451. The maximum atomic E-state index is 12.0. The average Bonchev–Trinajstić information content (AvgIpc) is 2.93. The molecule has 0 radical (unpaired) electrons. The smallest absolute Gasteiger partial charge is 0.340 e. The van der Waals surface area contributed by atoms with Gasteiger partial charge < -0.3 is 10.1 Å². The van der Waals surface area contributed by atoms with Gasteiger partial charge in [-0.1, -0.05) is 15.9 Å². The van der Waals surface area contributed by atoms with Crippen LogP contribution in [0.15, 0.2) is 39.0 Å². The number of carbonyl (C=O) groups is 2. The highest BCUT2D eigenvalue weighted by Gasteiger charge is 2.15. The van der Waals surface area contributed by atoms with E-state index >= 15 is 0 Å². The highest BCUT2D eigenvalue weighted by molar-refractivity contribution is 9.10. The molecular formula is C15H14BrNO3S2. The molecule has 1 N–H and O–H groups in total. The summed E-state index contributed by atoms with van der Waals surface area (Å²) < 4.78 is 5.69. The fraction of sp³-hybridized carbons (Fsp3) is 0.200. The van der Waals surface area contributed by atoms with Crippen molar-refractivity contribution >= 4 is 55.9 Å². The minimum absolute atomic E-state index is 0.153. The summed E-state index contributed by atoms with van der Waals surface area (Å²) in [4.78, 5) is 24.6. The third-order valence-corrected chi connectivity index (χ3v) is 5.32. The number of amides is 1. The summed E-state index contributed by atoms with van der Waals surface area (Å²) in [7, 11) is 1.32. The molecule has 0 aliphatic heterocycles. The highest BCUT2D eigenvalue weighted by Crippen LogP contribution is 2.27. The number of halogens is 1. The Labute approximate surface area is 145 Å². The van der Waals surface area contributed by atoms with Crippen molar-refractivity contribution in [3.63, 3.8) is 0 Å². The summed E-state index contributed by atoms with van der Waals surface area (Å²) >= 11 is 6.17. The van der Waals surface area contributed by atoms with E-state index in [2.05, 4.69) is 26.0 Å². The number of thioether (sulfide) groups is 1. The third-order valence-electron chi connectivity index (χ3n) is 2.82. The number of ether oxygens (including phenoxy) is 1. The zero-order valence-electron chi connectivity index (χ0n) is 12.0. The summed E-state index contributed by atoms with van der Waals surface area (Å²) in [5.74, 6) is -0.325. The number of aryl methyl sites for hydroxylation is 1. The lowest BCUT2D eigenvalue weighted by Gasteiger charge is -2.07. The van der Waals surface area contributed by atoms with E-state index in [1.807, 2.05) is 25.1 Å². The fourth-order valence-electron chi connectivity index (χ4n) is 1.76. The van der Waals surface area contributed by atoms with Gasteiger partial charge in [0, 0.05) is 9.37 Å². The molecule has 0 aliphatic carbocycles. The summed E-state index contributed by atoms with van der Waals surface area (Å²) in [6, 6.07) is 7.57. The quantitative estimate of drug-likeness (QED) is 0.600. The van der Waals surface area contributed by atoms with E-state index in [4.69, 9.17) is 0 Å². The van der Waals surface area contributed by atoms with Gasteiger partial charge in [0.1, 0.15) is 5.00 Å². The lowest BCUT2D eigenvalue weighted by molar-refractivity contribution is -0.113. The molecule has 0 saturated carbocycles. The molecule has 0 aliphatic rings. The van der Waals surface area contributed by atoms with Crippen molar-refractivity contribution in [2.45, 2.75) is 11.8 Å². The molecule has 0 atom stereocenters. The standard InChI is InChI=1S/C15H14BrNO3S2/c1-9-7-10(16)3-4-12(9)22-8-13(18)17-14-11(5-6-21-14)15(19)20-2/h3-7H,8H2,1-2H3,(H,17,18). The fourth-order valence-corrected chi connectivity index (χ4v) is 3.83.